The number of nitro benzene ring substituents is 1. The van der Waals surface area contributed by atoms with Crippen LogP contribution in [0.3, 0.4) is 0 Å². The van der Waals surface area contributed by atoms with Gasteiger partial charge in [0.2, 0.25) is 0 Å². The number of hydrazone groups is 1. The summed E-state index contributed by atoms with van der Waals surface area (Å²) >= 11 is 0. The van der Waals surface area contributed by atoms with E-state index < -0.39 is 17.4 Å². The SMILES string of the molecule is CCOc1cc(/C=N/NC(=O)COc2ccccc2[N+](=O)[O-])ccc1OCC(=O)Nc1ccc(C23CC4CC(CC(C4)C2)C3)cc1. The standard InChI is InChI=1S/C35H38N4O7/c1-2-44-32-16-23(20-36-38-34(41)22-45-30-6-4-3-5-29(30)39(42)43)7-12-31(32)46-21-33(40)37-28-10-8-27(9-11-28)35-17-24-13-25(18-35)15-26(14-24)19-35/h3-12,16,20,24-26H,2,13-15,17-19,21-22H2,1H3,(H,37,40)(H,38,41)/b36-20+. The molecule has 3 aromatic rings. The first-order chi connectivity index (χ1) is 22.3. The van der Waals surface area contributed by atoms with E-state index in [4.69, 9.17) is 14.2 Å². The molecule has 11 nitrogen and oxygen atoms in total. The summed E-state index contributed by atoms with van der Waals surface area (Å²) in [6.07, 6.45) is 9.56. The van der Waals surface area contributed by atoms with E-state index in [1.807, 2.05) is 19.1 Å². The van der Waals surface area contributed by atoms with Crippen LogP contribution in [0.1, 0.15) is 56.6 Å². The van der Waals surface area contributed by atoms with Crippen LogP contribution in [0.25, 0.3) is 0 Å². The number of nitrogens with zero attached hydrogens (tertiary/aromatic N) is 2. The van der Waals surface area contributed by atoms with E-state index in [0.717, 1.165) is 23.4 Å². The average Bonchev–Trinajstić information content (AvgIpc) is 3.03. The van der Waals surface area contributed by atoms with Crippen molar-refractivity contribution in [3.05, 3.63) is 88.0 Å². The highest BCUT2D eigenvalue weighted by molar-refractivity contribution is 5.92. The summed E-state index contributed by atoms with van der Waals surface area (Å²) in [5, 5.41) is 18.0. The number of hydrogen-bond acceptors (Lipinski definition) is 8. The van der Waals surface area contributed by atoms with Crippen LogP contribution < -0.4 is 25.0 Å². The first kappa shape index (κ1) is 31.1. The van der Waals surface area contributed by atoms with Crippen LogP contribution in [0.4, 0.5) is 11.4 Å². The van der Waals surface area contributed by atoms with Crippen LogP contribution in [0.15, 0.2) is 71.8 Å². The van der Waals surface area contributed by atoms with E-state index >= 15 is 0 Å². The summed E-state index contributed by atoms with van der Waals surface area (Å²) in [6.45, 7) is 1.56. The Kier molecular flexibility index (Phi) is 9.18. The Bertz CT molecular complexity index is 1590. The number of nitro groups is 1. The molecule has 0 heterocycles. The summed E-state index contributed by atoms with van der Waals surface area (Å²) in [6, 6.07) is 19.2. The van der Waals surface area contributed by atoms with Crippen LogP contribution in [0.5, 0.6) is 17.2 Å². The van der Waals surface area contributed by atoms with E-state index in [0.29, 0.717) is 29.1 Å². The molecule has 0 aliphatic heterocycles. The Labute approximate surface area is 267 Å². The Morgan fingerprint density at radius 3 is 2.20 bits per heavy atom. The molecule has 0 radical (unpaired) electrons. The van der Waals surface area contributed by atoms with Crippen LogP contribution in [0.2, 0.25) is 0 Å². The van der Waals surface area contributed by atoms with Crippen molar-refractivity contribution in [1.29, 1.82) is 0 Å². The fourth-order valence-corrected chi connectivity index (χ4v) is 7.79. The van der Waals surface area contributed by atoms with Gasteiger partial charge in [0.1, 0.15) is 0 Å². The monoisotopic (exact) mass is 626 g/mol. The number of ether oxygens (including phenoxy) is 3. The third kappa shape index (κ3) is 7.14. The second-order valence-electron chi connectivity index (χ2n) is 12.6. The van der Waals surface area contributed by atoms with Crippen molar-refractivity contribution in [1.82, 2.24) is 5.43 Å². The number of nitrogens with one attached hydrogen (secondary N) is 2. The van der Waals surface area contributed by atoms with E-state index in [-0.39, 0.29) is 24.0 Å². The molecule has 4 bridgehead atoms. The second-order valence-corrected chi connectivity index (χ2v) is 12.6. The molecule has 4 aliphatic carbocycles. The van der Waals surface area contributed by atoms with Crippen LogP contribution in [-0.2, 0) is 15.0 Å². The molecule has 2 amide bonds. The maximum absolute atomic E-state index is 12.7. The molecule has 46 heavy (non-hydrogen) atoms. The third-order valence-electron chi connectivity index (χ3n) is 9.27. The van der Waals surface area contributed by atoms with Gasteiger partial charge in [-0.2, -0.15) is 5.10 Å². The summed E-state index contributed by atoms with van der Waals surface area (Å²) in [4.78, 5) is 35.4. The third-order valence-corrected chi connectivity index (χ3v) is 9.27. The molecular weight excluding hydrogens is 588 g/mol. The van der Waals surface area contributed by atoms with Gasteiger partial charge in [0.25, 0.3) is 11.8 Å². The first-order valence-corrected chi connectivity index (χ1v) is 15.8. The molecule has 4 aliphatic rings. The molecule has 0 saturated heterocycles. The number of carbonyl (C=O) groups is 2. The number of benzene rings is 3. The molecule has 0 unspecified atom stereocenters. The molecule has 11 heteroatoms. The van der Waals surface area contributed by atoms with E-state index in [9.17, 15) is 19.7 Å². The quantitative estimate of drug-likeness (QED) is 0.135. The van der Waals surface area contributed by atoms with Crippen molar-refractivity contribution in [3.63, 3.8) is 0 Å². The summed E-state index contributed by atoms with van der Waals surface area (Å²) < 4.78 is 16.8. The van der Waals surface area contributed by atoms with Crippen molar-refractivity contribution in [2.75, 3.05) is 25.1 Å². The zero-order valence-corrected chi connectivity index (χ0v) is 25.8. The fourth-order valence-electron chi connectivity index (χ4n) is 7.79. The molecular formula is C35H38N4O7. The Morgan fingerprint density at radius 1 is 0.870 bits per heavy atom. The number of hydrogen-bond donors (Lipinski definition) is 2. The minimum Gasteiger partial charge on any atom is -0.490 e. The van der Waals surface area contributed by atoms with Gasteiger partial charge in [-0.05, 0) is 116 Å². The van der Waals surface area contributed by atoms with Gasteiger partial charge in [-0.1, -0.05) is 24.3 Å². The number of rotatable bonds is 13. The van der Waals surface area contributed by atoms with E-state index in [2.05, 4.69) is 28.0 Å². The zero-order valence-electron chi connectivity index (χ0n) is 25.8. The first-order valence-electron chi connectivity index (χ1n) is 15.8. The summed E-state index contributed by atoms with van der Waals surface area (Å²) in [7, 11) is 0. The van der Waals surface area contributed by atoms with Gasteiger partial charge < -0.3 is 19.5 Å². The lowest BCUT2D eigenvalue weighted by Gasteiger charge is -2.57. The lowest BCUT2D eigenvalue weighted by Crippen LogP contribution is -2.48. The normalized spacial score (nSPS) is 22.8. The minimum absolute atomic E-state index is 0.0115. The van der Waals surface area contributed by atoms with Gasteiger partial charge in [-0.15, -0.1) is 0 Å². The van der Waals surface area contributed by atoms with Crippen molar-refractivity contribution in [3.8, 4) is 17.2 Å². The molecule has 3 aromatic carbocycles. The molecule has 240 valence electrons. The molecule has 4 fully saturated rings. The van der Waals surface area contributed by atoms with Crippen molar-refractivity contribution >= 4 is 29.4 Å². The molecule has 4 saturated carbocycles. The smallest absolute Gasteiger partial charge is 0.310 e. The maximum Gasteiger partial charge on any atom is 0.310 e. The van der Waals surface area contributed by atoms with Crippen molar-refractivity contribution in [2.24, 2.45) is 22.9 Å². The molecule has 7 rings (SSSR count). The van der Waals surface area contributed by atoms with Gasteiger partial charge in [0, 0.05) is 11.8 Å². The fraction of sp³-hybridized carbons (Fsp3) is 0.400. The van der Waals surface area contributed by atoms with Gasteiger partial charge in [0.05, 0.1) is 17.7 Å². The lowest BCUT2D eigenvalue weighted by atomic mass is 9.48. The van der Waals surface area contributed by atoms with Crippen molar-refractivity contribution < 1.29 is 28.7 Å². The highest BCUT2D eigenvalue weighted by Gasteiger charge is 2.51. The topological polar surface area (TPSA) is 141 Å². The lowest BCUT2D eigenvalue weighted by molar-refractivity contribution is -0.385. The van der Waals surface area contributed by atoms with Crippen molar-refractivity contribution in [2.45, 2.75) is 50.9 Å². The Balaban J connectivity index is 0.990. The van der Waals surface area contributed by atoms with Crippen LogP contribution in [-0.4, -0.2) is 42.8 Å². The molecule has 0 atom stereocenters. The summed E-state index contributed by atoms with van der Waals surface area (Å²) in [5.41, 5.74) is 5.18. The van der Waals surface area contributed by atoms with Crippen LogP contribution in [0, 0.1) is 27.9 Å². The highest BCUT2D eigenvalue weighted by atomic mass is 16.6. The van der Waals surface area contributed by atoms with Gasteiger partial charge in [-0.3, -0.25) is 19.7 Å². The minimum atomic E-state index is -0.590. The molecule has 0 spiro atoms. The van der Waals surface area contributed by atoms with Gasteiger partial charge in [0.15, 0.2) is 30.5 Å². The predicted octanol–water partition coefficient (Wildman–Crippen LogP) is 6.01. The average molecular weight is 627 g/mol. The number of anilines is 1. The van der Waals surface area contributed by atoms with Gasteiger partial charge >= 0.3 is 5.69 Å². The largest absolute Gasteiger partial charge is 0.490 e. The Hall–Kier alpha value is -4.93. The van der Waals surface area contributed by atoms with Crippen LogP contribution >= 0.6 is 0 Å². The number of para-hydroxylation sites is 2. The maximum atomic E-state index is 12.7. The Morgan fingerprint density at radius 2 is 1.52 bits per heavy atom. The van der Waals surface area contributed by atoms with Gasteiger partial charge in [-0.25, -0.2) is 5.43 Å². The number of amides is 2. The predicted molar refractivity (Wildman–Crippen MR) is 172 cm³/mol. The number of carbonyl (C=O) groups excluding carboxylic acids is 2. The molecule has 2 N–H and O–H groups in total. The second kappa shape index (κ2) is 13.6. The highest BCUT2D eigenvalue weighted by Crippen LogP contribution is 2.60. The zero-order chi connectivity index (χ0) is 32.1. The van der Waals surface area contributed by atoms with E-state index in [1.165, 1.54) is 68.5 Å². The van der Waals surface area contributed by atoms with E-state index in [1.54, 1.807) is 24.3 Å². The molecule has 0 aromatic heterocycles. The summed E-state index contributed by atoms with van der Waals surface area (Å²) in [5.74, 6) is 2.58.